The molecule has 4 heterocycles. The summed E-state index contributed by atoms with van der Waals surface area (Å²) in [5.41, 5.74) is 0. The van der Waals surface area contributed by atoms with E-state index >= 15 is 0 Å². The molecule has 0 saturated carbocycles. The first-order valence-corrected chi connectivity index (χ1v) is 12.4. The average molecular weight is 617 g/mol. The van der Waals surface area contributed by atoms with Gasteiger partial charge in [0.05, 0.1) is 0 Å². The fourth-order valence-electron chi connectivity index (χ4n) is 4.13. The van der Waals surface area contributed by atoms with Gasteiger partial charge in [0.2, 0.25) is 0 Å². The summed E-state index contributed by atoms with van der Waals surface area (Å²) in [5, 5.41) is 11.5. The van der Waals surface area contributed by atoms with Crippen molar-refractivity contribution in [3.63, 3.8) is 0 Å². The minimum atomic E-state index is -2.11. The first-order chi connectivity index (χ1) is 20.4. The zero-order valence-corrected chi connectivity index (χ0v) is 22.1. The van der Waals surface area contributed by atoms with Crippen LogP contribution in [0.25, 0.3) is 0 Å². The molecule has 6 amide bonds. The summed E-state index contributed by atoms with van der Waals surface area (Å²) in [4.78, 5) is 121. The topological polar surface area (TPSA) is 257 Å². The highest BCUT2D eigenvalue weighted by Gasteiger charge is 2.52. The molecule has 1 N–H and O–H groups in total. The summed E-state index contributed by atoms with van der Waals surface area (Å²) in [6.45, 7) is -0.917. The third-order valence-corrected chi connectivity index (χ3v) is 6.19. The van der Waals surface area contributed by atoms with Crippen LogP contribution >= 0.6 is 0 Å². The van der Waals surface area contributed by atoms with Crippen molar-refractivity contribution in [2.45, 2.75) is 69.2 Å². The summed E-state index contributed by atoms with van der Waals surface area (Å²) in [6.07, 6.45) is -15.7. The predicted octanol–water partition coefficient (Wildman–Crippen LogP) is -1.89. The number of carbonyl (C=O) groups is 9. The number of aliphatic hydroxyl groups is 1. The predicted molar refractivity (Wildman–Crippen MR) is 120 cm³/mol. The molecule has 0 bridgehead atoms. The Kier molecular flexibility index (Phi) is 9.36. The number of hydroxylamine groups is 6. The maximum Gasteiger partial charge on any atom is 0.534 e. The lowest BCUT2D eigenvalue weighted by atomic mass is 9.99. The van der Waals surface area contributed by atoms with Crippen molar-refractivity contribution in [3.05, 3.63) is 0 Å². The minimum absolute atomic E-state index is 0.124. The molecule has 4 rings (SSSR count). The molecule has 43 heavy (non-hydrogen) atoms. The van der Waals surface area contributed by atoms with Gasteiger partial charge in [-0.15, -0.1) is 0 Å². The third-order valence-electron chi connectivity index (χ3n) is 6.19. The van der Waals surface area contributed by atoms with Crippen LogP contribution < -0.4 is 0 Å². The van der Waals surface area contributed by atoms with E-state index in [-0.39, 0.29) is 53.7 Å². The minimum Gasteiger partial charge on any atom is -0.430 e. The van der Waals surface area contributed by atoms with Crippen molar-refractivity contribution in [1.82, 2.24) is 15.2 Å². The largest absolute Gasteiger partial charge is 0.534 e. The van der Waals surface area contributed by atoms with E-state index in [1.807, 2.05) is 0 Å². The number of hydrogen-bond donors (Lipinski definition) is 1. The van der Waals surface area contributed by atoms with Crippen molar-refractivity contribution in [2.75, 3.05) is 13.7 Å². The van der Waals surface area contributed by atoms with Crippen LogP contribution in [-0.4, -0.2) is 119 Å². The third kappa shape index (κ3) is 6.95. The van der Waals surface area contributed by atoms with Crippen LogP contribution in [0.3, 0.4) is 0 Å². The van der Waals surface area contributed by atoms with E-state index in [0.717, 1.165) is 7.11 Å². The lowest BCUT2D eigenvalue weighted by Crippen LogP contribution is -2.62. The van der Waals surface area contributed by atoms with Gasteiger partial charge in [-0.2, -0.15) is 0 Å². The van der Waals surface area contributed by atoms with Crippen LogP contribution in [0.15, 0.2) is 0 Å². The van der Waals surface area contributed by atoms with Gasteiger partial charge in [0.15, 0.2) is 18.5 Å². The molecular formula is C22H23N3O18. The van der Waals surface area contributed by atoms with Gasteiger partial charge < -0.3 is 28.8 Å². The van der Waals surface area contributed by atoms with Gasteiger partial charge in [-0.05, 0) is 0 Å². The SMILES string of the molecule is COC1O[C@@H](COC(=O)ON2C(=O)CCC2=O)C(OC(=O)ON2C(=O)CCC2=O)C(O)[C@H]1OC(=O)ON1C(=O)CCC1=O. The lowest BCUT2D eigenvalue weighted by Gasteiger charge is -2.41. The number of imide groups is 3. The van der Waals surface area contributed by atoms with E-state index in [4.69, 9.17) is 23.7 Å². The van der Waals surface area contributed by atoms with Gasteiger partial charge in [-0.1, -0.05) is 15.2 Å². The molecule has 21 nitrogen and oxygen atoms in total. The normalized spacial score (nSPS) is 27.5. The summed E-state index contributed by atoms with van der Waals surface area (Å²) in [7, 11) is 1.03. The van der Waals surface area contributed by atoms with Gasteiger partial charge in [0.1, 0.15) is 18.8 Å². The van der Waals surface area contributed by atoms with E-state index in [1.54, 1.807) is 0 Å². The summed E-state index contributed by atoms with van der Waals surface area (Å²) >= 11 is 0. The van der Waals surface area contributed by atoms with Crippen molar-refractivity contribution in [1.29, 1.82) is 0 Å². The molecule has 5 atom stereocenters. The fourth-order valence-corrected chi connectivity index (χ4v) is 4.13. The molecular weight excluding hydrogens is 594 g/mol. The second-order valence-corrected chi connectivity index (χ2v) is 9.01. The molecule has 4 aliphatic heterocycles. The highest BCUT2D eigenvalue weighted by atomic mass is 16.9. The molecule has 21 heteroatoms. The molecule has 4 aliphatic rings. The summed E-state index contributed by atoms with van der Waals surface area (Å²) in [6, 6.07) is 0. The maximum atomic E-state index is 12.5. The number of hydrogen-bond acceptors (Lipinski definition) is 18. The Balaban J connectivity index is 1.46. The van der Waals surface area contributed by atoms with E-state index in [9.17, 15) is 48.3 Å². The van der Waals surface area contributed by atoms with Crippen molar-refractivity contribution >= 4 is 53.9 Å². The standard InChI is InChI=1S/C22H23N3O18/c1-36-19-18(40-22(35)43-25-14(30)6-7-15(25)31)16(32)17(39-21(34)42-24-12(28)4-5-13(24)29)9(38-19)8-37-20(33)41-23-10(26)2-3-11(23)27/h9,16-19,32H,2-8H2,1H3/t9-,16?,17?,18+,19?/m0/s1. The summed E-state index contributed by atoms with van der Waals surface area (Å²) in [5.74, 6) is -5.06. The fraction of sp³-hybridized carbons (Fsp3) is 0.591. The Labute approximate surface area is 239 Å². The molecule has 0 aliphatic carbocycles. The Morgan fingerprint density at radius 1 is 0.674 bits per heavy atom. The van der Waals surface area contributed by atoms with Crippen LogP contribution in [0.5, 0.6) is 0 Å². The number of nitrogens with zero attached hydrogens (tertiary/aromatic N) is 3. The number of carbonyl (C=O) groups excluding carboxylic acids is 9. The molecule has 4 saturated heterocycles. The number of rotatable bonds is 8. The Hall–Kier alpha value is -4.89. The number of methoxy groups -OCH3 is 1. The van der Waals surface area contributed by atoms with Crippen molar-refractivity contribution in [3.8, 4) is 0 Å². The number of aliphatic hydroxyl groups excluding tert-OH is 1. The second kappa shape index (κ2) is 13.0. The van der Waals surface area contributed by atoms with Crippen LogP contribution in [0.4, 0.5) is 14.4 Å². The lowest BCUT2D eigenvalue weighted by molar-refractivity contribution is -0.301. The quantitative estimate of drug-likeness (QED) is 0.177. The molecule has 0 spiro atoms. The first-order valence-electron chi connectivity index (χ1n) is 12.4. The van der Waals surface area contributed by atoms with E-state index in [1.165, 1.54) is 0 Å². The molecule has 0 aromatic carbocycles. The van der Waals surface area contributed by atoms with Gasteiger partial charge in [0.25, 0.3) is 35.4 Å². The van der Waals surface area contributed by atoms with Gasteiger partial charge in [0, 0.05) is 45.6 Å². The number of amides is 6. The molecule has 0 aromatic heterocycles. The smallest absolute Gasteiger partial charge is 0.430 e. The molecule has 3 unspecified atom stereocenters. The van der Waals surface area contributed by atoms with Crippen molar-refractivity contribution < 1.29 is 86.5 Å². The summed E-state index contributed by atoms with van der Waals surface area (Å²) < 4.78 is 25.3. The second-order valence-electron chi connectivity index (χ2n) is 9.01. The highest BCUT2D eigenvalue weighted by molar-refractivity contribution is 6.02. The molecule has 234 valence electrons. The van der Waals surface area contributed by atoms with Gasteiger partial charge in [-0.3, -0.25) is 43.3 Å². The zero-order chi connectivity index (χ0) is 31.4. The highest BCUT2D eigenvalue weighted by Crippen LogP contribution is 2.28. The Morgan fingerprint density at radius 3 is 1.44 bits per heavy atom. The molecule has 4 fully saturated rings. The van der Waals surface area contributed by atoms with Crippen LogP contribution in [0.1, 0.15) is 38.5 Å². The van der Waals surface area contributed by atoms with Crippen LogP contribution in [0, 0.1) is 0 Å². The molecule has 0 radical (unpaired) electrons. The first kappa shape index (κ1) is 31.1. The monoisotopic (exact) mass is 617 g/mol. The van der Waals surface area contributed by atoms with Gasteiger partial charge >= 0.3 is 18.5 Å². The Bertz CT molecular complexity index is 1190. The van der Waals surface area contributed by atoms with Gasteiger partial charge in [-0.25, -0.2) is 14.4 Å². The van der Waals surface area contributed by atoms with E-state index in [0.29, 0.717) is 0 Å². The van der Waals surface area contributed by atoms with E-state index < -0.39 is 91.2 Å². The Morgan fingerprint density at radius 2 is 1.05 bits per heavy atom. The average Bonchev–Trinajstić information content (AvgIpc) is 3.57. The molecule has 0 aromatic rings. The van der Waals surface area contributed by atoms with Crippen molar-refractivity contribution in [2.24, 2.45) is 0 Å². The van der Waals surface area contributed by atoms with E-state index in [2.05, 4.69) is 14.5 Å². The van der Waals surface area contributed by atoms with Crippen LogP contribution in [0.2, 0.25) is 0 Å². The van der Waals surface area contributed by atoms with Crippen LogP contribution in [-0.2, 0) is 67.0 Å². The zero-order valence-electron chi connectivity index (χ0n) is 22.1. The number of ether oxygens (including phenoxy) is 5. The maximum absolute atomic E-state index is 12.5.